The maximum Gasteiger partial charge on any atom is 0.255 e. The smallest absolute Gasteiger partial charge is 0.255 e. The Labute approximate surface area is 173 Å². The molecule has 0 radical (unpaired) electrons. The Morgan fingerprint density at radius 3 is 2.10 bits per heavy atom. The highest BCUT2D eigenvalue weighted by Crippen LogP contribution is 2.57. The first kappa shape index (κ1) is 20.3. The number of hydrogen-bond donors (Lipinski definition) is 1. The third kappa shape index (κ3) is 3.91. The molecule has 1 aromatic rings. The second kappa shape index (κ2) is 8.05. The molecule has 1 atom stereocenters. The van der Waals surface area contributed by atoms with Crippen LogP contribution in [0.5, 0.6) is 17.2 Å². The van der Waals surface area contributed by atoms with Crippen LogP contribution in [0, 0.1) is 17.8 Å². The zero-order valence-corrected chi connectivity index (χ0v) is 18.0. The molecular weight excluding hydrogens is 370 g/mol. The van der Waals surface area contributed by atoms with Gasteiger partial charge in [0.1, 0.15) is 0 Å². The maximum atomic E-state index is 12.8. The van der Waals surface area contributed by atoms with E-state index in [4.69, 9.17) is 18.9 Å². The number of carbonyl (C=O) groups excluding carboxylic acids is 1. The molecule has 29 heavy (non-hydrogen) atoms. The normalized spacial score (nSPS) is 30.7. The highest BCUT2D eigenvalue weighted by atomic mass is 16.5. The predicted octanol–water partition coefficient (Wildman–Crippen LogP) is 3.82. The van der Waals surface area contributed by atoms with Gasteiger partial charge in [0.2, 0.25) is 5.75 Å². The predicted molar refractivity (Wildman–Crippen MR) is 110 cm³/mol. The van der Waals surface area contributed by atoms with E-state index in [0.29, 0.717) is 29.4 Å². The van der Waals surface area contributed by atoms with Crippen molar-refractivity contribution in [2.45, 2.75) is 57.2 Å². The van der Waals surface area contributed by atoms with Gasteiger partial charge in [-0.15, -0.1) is 0 Å². The number of methoxy groups -OCH3 is 3. The van der Waals surface area contributed by atoms with E-state index in [9.17, 15) is 4.79 Å². The Hall–Kier alpha value is -1.95. The molecule has 4 aliphatic rings. The molecule has 0 aromatic heterocycles. The van der Waals surface area contributed by atoms with E-state index in [1.165, 1.54) is 52.7 Å². The van der Waals surface area contributed by atoms with Crippen molar-refractivity contribution >= 4 is 5.91 Å². The summed E-state index contributed by atoms with van der Waals surface area (Å²) in [7, 11) is 4.61. The van der Waals surface area contributed by atoms with Crippen LogP contribution >= 0.6 is 0 Å². The van der Waals surface area contributed by atoms with Gasteiger partial charge < -0.3 is 24.3 Å². The third-order valence-corrected chi connectivity index (χ3v) is 6.93. The molecular formula is C23H33NO5. The van der Waals surface area contributed by atoms with Crippen LogP contribution in [0.25, 0.3) is 0 Å². The molecule has 6 heteroatoms. The van der Waals surface area contributed by atoms with Crippen molar-refractivity contribution < 1.29 is 23.7 Å². The first-order valence-corrected chi connectivity index (χ1v) is 10.7. The van der Waals surface area contributed by atoms with Gasteiger partial charge in [-0.2, -0.15) is 0 Å². The first-order chi connectivity index (χ1) is 14.0. The molecule has 1 amide bonds. The minimum absolute atomic E-state index is 0.0265. The van der Waals surface area contributed by atoms with Gasteiger partial charge in [-0.3, -0.25) is 4.79 Å². The number of nitrogens with one attached hydrogen (secondary N) is 1. The molecule has 4 aliphatic carbocycles. The standard InChI is InChI=1S/C23H33NO5/c1-14(29-23-10-15-7-16(11-23)9-17(8-15)12-23)13-24-22(25)18-5-6-19(26-2)21(28-4)20(18)27-3/h5-6,14-17H,7-13H2,1-4H3,(H,24,25). The molecule has 1 unspecified atom stereocenters. The molecule has 6 nitrogen and oxygen atoms in total. The second-order valence-corrected chi connectivity index (χ2v) is 9.12. The van der Waals surface area contributed by atoms with E-state index >= 15 is 0 Å². The van der Waals surface area contributed by atoms with Crippen molar-refractivity contribution in [3.05, 3.63) is 17.7 Å². The Morgan fingerprint density at radius 2 is 1.59 bits per heavy atom. The lowest BCUT2D eigenvalue weighted by Crippen LogP contribution is -2.53. The SMILES string of the molecule is COc1ccc(C(=O)NCC(C)OC23CC4CC(CC(C4)C2)C3)c(OC)c1OC. The molecule has 0 spiro atoms. The summed E-state index contributed by atoms with van der Waals surface area (Å²) in [5.41, 5.74) is 0.465. The minimum Gasteiger partial charge on any atom is -0.493 e. The summed E-state index contributed by atoms with van der Waals surface area (Å²) in [5, 5.41) is 3.00. The van der Waals surface area contributed by atoms with E-state index in [-0.39, 0.29) is 17.6 Å². The summed E-state index contributed by atoms with van der Waals surface area (Å²) in [6.45, 7) is 2.53. The van der Waals surface area contributed by atoms with Crippen LogP contribution in [0.3, 0.4) is 0 Å². The van der Waals surface area contributed by atoms with Crippen molar-refractivity contribution in [1.82, 2.24) is 5.32 Å². The average Bonchev–Trinajstić information content (AvgIpc) is 2.69. The molecule has 160 valence electrons. The van der Waals surface area contributed by atoms with Gasteiger partial charge in [-0.25, -0.2) is 0 Å². The lowest BCUT2D eigenvalue weighted by molar-refractivity contribution is -0.182. The fourth-order valence-corrected chi connectivity index (χ4v) is 6.26. The van der Waals surface area contributed by atoms with Crippen molar-refractivity contribution in [3.63, 3.8) is 0 Å². The molecule has 5 rings (SSSR count). The molecule has 0 heterocycles. The summed E-state index contributed by atoms with van der Waals surface area (Å²) >= 11 is 0. The Kier molecular flexibility index (Phi) is 5.65. The van der Waals surface area contributed by atoms with Crippen LogP contribution in [0.1, 0.15) is 55.8 Å². The first-order valence-electron chi connectivity index (χ1n) is 10.7. The highest BCUT2D eigenvalue weighted by molar-refractivity contribution is 5.98. The number of carbonyl (C=O) groups is 1. The molecule has 4 bridgehead atoms. The van der Waals surface area contributed by atoms with Crippen molar-refractivity contribution in [3.8, 4) is 17.2 Å². The fourth-order valence-electron chi connectivity index (χ4n) is 6.26. The number of amides is 1. The fraction of sp³-hybridized carbons (Fsp3) is 0.696. The van der Waals surface area contributed by atoms with Gasteiger partial charge in [0.25, 0.3) is 5.91 Å². The van der Waals surface area contributed by atoms with E-state index < -0.39 is 0 Å². The van der Waals surface area contributed by atoms with Crippen molar-refractivity contribution in [1.29, 1.82) is 0 Å². The molecule has 4 fully saturated rings. The van der Waals surface area contributed by atoms with Gasteiger partial charge in [-0.1, -0.05) is 0 Å². The van der Waals surface area contributed by atoms with Crippen LogP contribution in [0.2, 0.25) is 0 Å². The van der Waals surface area contributed by atoms with Gasteiger partial charge in [0, 0.05) is 6.54 Å². The number of benzene rings is 1. The Bertz CT molecular complexity index is 727. The van der Waals surface area contributed by atoms with Crippen molar-refractivity contribution in [2.24, 2.45) is 17.8 Å². The number of hydrogen-bond acceptors (Lipinski definition) is 5. The van der Waals surface area contributed by atoms with Crippen molar-refractivity contribution in [2.75, 3.05) is 27.9 Å². The molecule has 0 aliphatic heterocycles. The monoisotopic (exact) mass is 403 g/mol. The molecule has 0 saturated heterocycles. The lowest BCUT2D eigenvalue weighted by atomic mass is 9.54. The molecule has 4 saturated carbocycles. The zero-order chi connectivity index (χ0) is 20.6. The summed E-state index contributed by atoms with van der Waals surface area (Å²) < 4.78 is 22.7. The lowest BCUT2D eigenvalue weighted by Gasteiger charge is -2.57. The maximum absolute atomic E-state index is 12.8. The average molecular weight is 404 g/mol. The van der Waals surface area contributed by atoms with Crippen LogP contribution in [0.4, 0.5) is 0 Å². The third-order valence-electron chi connectivity index (χ3n) is 6.93. The highest BCUT2D eigenvalue weighted by Gasteiger charge is 2.52. The summed E-state index contributed by atoms with van der Waals surface area (Å²) in [5.74, 6) is 3.65. The summed E-state index contributed by atoms with van der Waals surface area (Å²) in [6.07, 6.45) is 7.75. The zero-order valence-electron chi connectivity index (χ0n) is 18.0. The van der Waals surface area contributed by atoms with E-state index in [1.54, 1.807) is 19.2 Å². The van der Waals surface area contributed by atoms with E-state index in [2.05, 4.69) is 12.2 Å². The van der Waals surface area contributed by atoms with Crippen LogP contribution in [-0.4, -0.2) is 45.5 Å². The van der Waals surface area contributed by atoms with Gasteiger partial charge in [0.05, 0.1) is 38.6 Å². The van der Waals surface area contributed by atoms with E-state index in [0.717, 1.165) is 17.8 Å². The molecule has 1 aromatic carbocycles. The van der Waals surface area contributed by atoms with E-state index in [1.807, 2.05) is 0 Å². The van der Waals surface area contributed by atoms with Gasteiger partial charge >= 0.3 is 0 Å². The number of rotatable bonds is 8. The topological polar surface area (TPSA) is 66.0 Å². The summed E-state index contributed by atoms with van der Waals surface area (Å²) in [4.78, 5) is 12.8. The summed E-state index contributed by atoms with van der Waals surface area (Å²) in [6, 6.07) is 3.41. The van der Waals surface area contributed by atoms with Crippen LogP contribution in [-0.2, 0) is 4.74 Å². The largest absolute Gasteiger partial charge is 0.493 e. The molecule has 1 N–H and O–H groups in total. The van der Waals surface area contributed by atoms with Gasteiger partial charge in [-0.05, 0) is 75.3 Å². The van der Waals surface area contributed by atoms with Gasteiger partial charge in [0.15, 0.2) is 11.5 Å². The van der Waals surface area contributed by atoms with Crippen LogP contribution < -0.4 is 19.5 Å². The second-order valence-electron chi connectivity index (χ2n) is 9.12. The quantitative estimate of drug-likeness (QED) is 0.715. The number of ether oxygens (including phenoxy) is 4. The Balaban J connectivity index is 1.39. The minimum atomic E-state index is -0.205. The Morgan fingerprint density at radius 1 is 1.00 bits per heavy atom. The van der Waals surface area contributed by atoms with Crippen LogP contribution in [0.15, 0.2) is 12.1 Å².